The fourth-order valence-electron chi connectivity index (χ4n) is 11.5. The molecule has 372 valence electrons. The zero-order chi connectivity index (χ0) is 46.9. The highest BCUT2D eigenvalue weighted by atomic mass is 35.5. The monoisotopic (exact) mass is 1000 g/mol. The van der Waals surface area contributed by atoms with Crippen molar-refractivity contribution in [1.29, 1.82) is 0 Å². The van der Waals surface area contributed by atoms with Gasteiger partial charge >= 0.3 is 12.2 Å². The van der Waals surface area contributed by atoms with Gasteiger partial charge in [-0.1, -0.05) is 23.2 Å². The van der Waals surface area contributed by atoms with Crippen molar-refractivity contribution in [2.24, 2.45) is 47.3 Å². The molecule has 0 radical (unpaired) electrons. The highest BCUT2D eigenvalue weighted by Gasteiger charge is 2.58. The molecule has 6 aliphatic carbocycles. The minimum atomic E-state index is -1.01. The zero-order valence-corrected chi connectivity index (χ0v) is 40.5. The van der Waals surface area contributed by atoms with E-state index >= 15 is 0 Å². The maximum absolute atomic E-state index is 14.9. The lowest BCUT2D eigenvalue weighted by atomic mass is 9.56. The number of carbonyl (C=O) groups is 6. The quantitative estimate of drug-likeness (QED) is 0.103. The Hall–Kier alpha value is -4.23. The standard InChI is InChI=1S/C48H63Cl2N7O10.ClH/c49-31-5-9-33(10-6-31)53-47(62)66-37-27-29-3-13-35(37)41(39(29)43(58)51-15-1-17-56-19-23-64-24-20-56)45(60)55-46(61)42-36-14-4-30(28-38(36)67-48(63)54-34-11-7-32(50)8-12-34)40(42)44(59)52-16-2-18-57-21-25-65-26-22-57;/h5-12,29-30,35-42H,1-4,13-28H2,(H,51,58)(H,52,59)(H,53,62)(H,54,63)(H,55,60,61);1H. The van der Waals surface area contributed by atoms with Crippen LogP contribution in [0, 0.1) is 47.3 Å². The molecule has 10 unspecified atom stereocenters. The Morgan fingerprint density at radius 2 is 0.926 bits per heavy atom. The first-order chi connectivity index (χ1) is 32.5. The number of hydrogen-bond donors (Lipinski definition) is 5. The van der Waals surface area contributed by atoms with E-state index in [1.807, 2.05) is 0 Å². The molecule has 2 aromatic carbocycles. The second kappa shape index (κ2) is 24.6. The molecule has 2 heterocycles. The number of nitrogens with zero attached hydrogens (tertiary/aromatic N) is 2. The van der Waals surface area contributed by atoms with E-state index in [-0.39, 0.29) is 36.1 Å². The first-order valence-electron chi connectivity index (χ1n) is 24.0. The summed E-state index contributed by atoms with van der Waals surface area (Å²) >= 11 is 12.1. The van der Waals surface area contributed by atoms with Gasteiger partial charge in [0.1, 0.15) is 12.2 Å². The van der Waals surface area contributed by atoms with Crippen LogP contribution in [0.25, 0.3) is 0 Å². The summed E-state index contributed by atoms with van der Waals surface area (Å²) in [5.41, 5.74) is 0.957. The van der Waals surface area contributed by atoms with E-state index < -0.39 is 71.7 Å². The molecule has 0 aromatic heterocycles. The molecule has 8 fully saturated rings. The summed E-state index contributed by atoms with van der Waals surface area (Å²) in [6.07, 6.45) is 1.62. The van der Waals surface area contributed by atoms with Gasteiger partial charge in [-0.2, -0.15) is 0 Å². The summed E-state index contributed by atoms with van der Waals surface area (Å²) in [5, 5.41) is 15.4. The fraction of sp³-hybridized carbons (Fsp3) is 0.625. The SMILES string of the molecule is Cl.O=C(Nc1ccc(Cl)cc1)OC1CC2CCC1C(C(=O)NC(=O)C1C3CCC(CC3OC(=O)Nc3ccc(Cl)cc3)C1C(=O)NCCCN1CCOCC1)C2C(=O)NCCCN1CCOCC1. The van der Waals surface area contributed by atoms with Gasteiger partial charge in [-0.05, 0) is 125 Å². The third-order valence-corrected chi connectivity index (χ3v) is 15.2. The Labute approximate surface area is 413 Å². The van der Waals surface area contributed by atoms with Crippen LogP contribution in [0.1, 0.15) is 51.4 Å². The van der Waals surface area contributed by atoms with Crippen LogP contribution in [-0.2, 0) is 38.1 Å². The van der Waals surface area contributed by atoms with Gasteiger partial charge < -0.3 is 29.6 Å². The van der Waals surface area contributed by atoms with Crippen LogP contribution in [0.2, 0.25) is 10.0 Å². The van der Waals surface area contributed by atoms with Crippen molar-refractivity contribution >= 4 is 82.8 Å². The number of fused-ring (bicyclic) bond motifs is 6. The van der Waals surface area contributed by atoms with Crippen molar-refractivity contribution in [3.63, 3.8) is 0 Å². The zero-order valence-electron chi connectivity index (χ0n) is 38.2. The van der Waals surface area contributed by atoms with Crippen molar-refractivity contribution < 1.29 is 47.7 Å². The molecular weight excluding hydrogens is 941 g/mol. The fourth-order valence-corrected chi connectivity index (χ4v) is 11.8. The molecule has 2 aromatic rings. The lowest BCUT2D eigenvalue weighted by molar-refractivity contribution is -0.161. The number of ether oxygens (including phenoxy) is 4. The van der Waals surface area contributed by atoms with Gasteiger partial charge in [-0.15, -0.1) is 12.4 Å². The van der Waals surface area contributed by atoms with Crippen molar-refractivity contribution in [1.82, 2.24) is 25.8 Å². The van der Waals surface area contributed by atoms with E-state index in [0.717, 1.165) is 39.3 Å². The van der Waals surface area contributed by atoms with Crippen LogP contribution >= 0.6 is 35.6 Å². The summed E-state index contributed by atoms with van der Waals surface area (Å²) in [7, 11) is 0. The number of benzene rings is 2. The number of amides is 6. The van der Waals surface area contributed by atoms with Crippen molar-refractivity contribution in [3.05, 3.63) is 58.6 Å². The van der Waals surface area contributed by atoms with Crippen molar-refractivity contribution in [2.75, 3.05) is 89.4 Å². The third kappa shape index (κ3) is 13.1. The van der Waals surface area contributed by atoms with Crippen LogP contribution in [0.4, 0.5) is 21.0 Å². The Kier molecular flexibility index (Phi) is 18.6. The molecule has 68 heavy (non-hydrogen) atoms. The van der Waals surface area contributed by atoms with Gasteiger partial charge in [0.05, 0.1) is 50.1 Å². The number of imide groups is 1. The highest BCUT2D eigenvalue weighted by molar-refractivity contribution is 6.31. The molecule has 6 amide bonds. The summed E-state index contributed by atoms with van der Waals surface area (Å²) in [6.45, 7) is 8.38. The highest BCUT2D eigenvalue weighted by Crippen LogP contribution is 2.52. The minimum absolute atomic E-state index is 0. The Balaban J connectivity index is 0.00000684. The molecule has 17 nitrogen and oxygen atoms in total. The van der Waals surface area contributed by atoms with Gasteiger partial charge in [0, 0.05) is 72.5 Å². The molecule has 5 N–H and O–H groups in total. The maximum atomic E-state index is 14.9. The number of carbonyl (C=O) groups excluding carboxylic acids is 6. The number of nitrogens with one attached hydrogen (secondary N) is 5. The lowest BCUT2D eigenvalue weighted by Crippen LogP contribution is -2.62. The molecule has 4 bridgehead atoms. The maximum Gasteiger partial charge on any atom is 0.411 e. The minimum Gasteiger partial charge on any atom is -0.446 e. The molecule has 8 aliphatic rings. The average molecular weight is 1010 g/mol. The van der Waals surface area contributed by atoms with Crippen molar-refractivity contribution in [2.45, 2.75) is 63.6 Å². The summed E-state index contributed by atoms with van der Waals surface area (Å²) < 4.78 is 23.0. The lowest BCUT2D eigenvalue weighted by Gasteiger charge is -2.51. The largest absolute Gasteiger partial charge is 0.446 e. The molecule has 20 heteroatoms. The Morgan fingerprint density at radius 3 is 1.31 bits per heavy atom. The molecule has 10 rings (SSSR count). The Bertz CT molecular complexity index is 1920. The molecular formula is C48H64Cl3N7O10. The van der Waals surface area contributed by atoms with Gasteiger partial charge in [-0.3, -0.25) is 44.9 Å². The predicted molar refractivity (Wildman–Crippen MR) is 256 cm³/mol. The molecule has 6 saturated carbocycles. The van der Waals surface area contributed by atoms with E-state index in [0.29, 0.717) is 112 Å². The first-order valence-corrected chi connectivity index (χ1v) is 24.7. The van der Waals surface area contributed by atoms with E-state index in [1.165, 1.54) is 0 Å². The summed E-state index contributed by atoms with van der Waals surface area (Å²) in [6, 6.07) is 13.2. The van der Waals surface area contributed by atoms with Gasteiger partial charge in [0.15, 0.2) is 0 Å². The van der Waals surface area contributed by atoms with Crippen LogP contribution in [0.5, 0.6) is 0 Å². The smallest absolute Gasteiger partial charge is 0.411 e. The Morgan fingerprint density at radius 1 is 0.544 bits per heavy atom. The third-order valence-electron chi connectivity index (χ3n) is 14.7. The molecule has 10 atom stereocenters. The van der Waals surface area contributed by atoms with Gasteiger partial charge in [-0.25, -0.2) is 9.59 Å². The van der Waals surface area contributed by atoms with Crippen molar-refractivity contribution in [3.8, 4) is 0 Å². The van der Waals surface area contributed by atoms with Crippen LogP contribution in [-0.4, -0.2) is 137 Å². The van der Waals surface area contributed by atoms with E-state index in [4.69, 9.17) is 42.1 Å². The van der Waals surface area contributed by atoms with Crippen LogP contribution in [0.15, 0.2) is 48.5 Å². The number of rotatable bonds is 16. The number of morpholine rings is 2. The van der Waals surface area contributed by atoms with E-state index in [1.54, 1.807) is 48.5 Å². The normalized spacial score (nSPS) is 28.9. The van der Waals surface area contributed by atoms with E-state index in [9.17, 15) is 28.8 Å². The molecule has 0 spiro atoms. The number of halogens is 3. The van der Waals surface area contributed by atoms with Gasteiger partial charge in [0.25, 0.3) is 0 Å². The number of anilines is 2. The second-order valence-electron chi connectivity index (χ2n) is 18.8. The molecule has 2 saturated heterocycles. The average Bonchev–Trinajstić information content (AvgIpc) is 3.33. The van der Waals surface area contributed by atoms with Gasteiger partial charge in [0.2, 0.25) is 23.6 Å². The van der Waals surface area contributed by atoms with E-state index in [2.05, 4.69) is 36.4 Å². The first kappa shape index (κ1) is 51.6. The van der Waals surface area contributed by atoms with Crippen LogP contribution in [0.3, 0.4) is 0 Å². The van der Waals surface area contributed by atoms with Crippen LogP contribution < -0.4 is 26.6 Å². The summed E-state index contributed by atoms with van der Waals surface area (Å²) in [5.74, 6) is -7.18. The topological polar surface area (TPSA) is 206 Å². The second-order valence-corrected chi connectivity index (χ2v) is 19.7. The summed E-state index contributed by atoms with van der Waals surface area (Å²) in [4.78, 5) is 89.4. The molecule has 2 aliphatic heterocycles. The predicted octanol–water partition coefficient (Wildman–Crippen LogP) is 5.59. The number of hydrogen-bond acceptors (Lipinski definition) is 12.